The smallest absolute Gasteiger partial charge is 0.134 e. The van der Waals surface area contributed by atoms with Gasteiger partial charge in [-0.2, -0.15) is 0 Å². The number of nitrogens with one attached hydrogen (secondary N) is 2. The molecule has 7 N–H and O–H groups in total. The van der Waals surface area contributed by atoms with Gasteiger partial charge in [-0.3, -0.25) is 5.32 Å². The normalized spacial score (nSPS) is 23.5. The van der Waals surface area contributed by atoms with Crippen molar-refractivity contribution in [2.45, 2.75) is 57.8 Å². The molecule has 7 heteroatoms. The second kappa shape index (κ2) is 10.0. The number of ether oxygens (including phenoxy) is 1. The molecular formula is C18H35N5O2. The minimum Gasteiger partial charge on any atom is -0.402 e. The number of likely N-dealkylation sites (N-methyl/N-ethyl adjacent to an activating group) is 1. The highest BCUT2D eigenvalue weighted by molar-refractivity contribution is 5.29. The van der Waals surface area contributed by atoms with E-state index in [1.54, 1.807) is 13.0 Å². The number of nitrogens with two attached hydrogens (primary N) is 2. The molecule has 0 spiro atoms. The molecule has 0 aromatic heterocycles. The Kier molecular flexibility index (Phi) is 8.02. The van der Waals surface area contributed by atoms with E-state index in [0.717, 1.165) is 52.0 Å². The predicted octanol–water partition coefficient (Wildman–Crippen LogP) is 0.180. The van der Waals surface area contributed by atoms with Crippen molar-refractivity contribution in [3.05, 3.63) is 23.2 Å². The lowest BCUT2D eigenvalue weighted by atomic mass is 10.0. The lowest BCUT2D eigenvalue weighted by Gasteiger charge is -2.37. The van der Waals surface area contributed by atoms with E-state index in [2.05, 4.69) is 15.5 Å². The second-order valence-corrected chi connectivity index (χ2v) is 7.00. The van der Waals surface area contributed by atoms with Crippen molar-refractivity contribution in [3.8, 4) is 0 Å². The first-order valence-electron chi connectivity index (χ1n) is 9.44. The van der Waals surface area contributed by atoms with E-state index in [9.17, 15) is 5.11 Å². The topological polar surface area (TPSA) is 109 Å². The monoisotopic (exact) mass is 353 g/mol. The van der Waals surface area contributed by atoms with Crippen LogP contribution in [0.3, 0.4) is 0 Å². The summed E-state index contributed by atoms with van der Waals surface area (Å²) in [7, 11) is 0. The first-order valence-corrected chi connectivity index (χ1v) is 9.44. The number of rotatable bonds is 7. The van der Waals surface area contributed by atoms with Crippen molar-refractivity contribution in [2.75, 3.05) is 32.8 Å². The van der Waals surface area contributed by atoms with E-state index < -0.39 is 6.23 Å². The molecule has 2 saturated heterocycles. The van der Waals surface area contributed by atoms with Crippen LogP contribution in [0.1, 0.15) is 39.5 Å². The van der Waals surface area contributed by atoms with Gasteiger partial charge in [0.1, 0.15) is 12.0 Å². The quantitative estimate of drug-likeness (QED) is 0.328. The fourth-order valence-electron chi connectivity index (χ4n) is 3.51. The van der Waals surface area contributed by atoms with Crippen molar-refractivity contribution in [1.29, 1.82) is 0 Å². The van der Waals surface area contributed by atoms with Crippen LogP contribution in [0.5, 0.6) is 0 Å². The van der Waals surface area contributed by atoms with Crippen LogP contribution in [0.25, 0.3) is 0 Å². The Morgan fingerprint density at radius 3 is 2.36 bits per heavy atom. The molecule has 144 valence electrons. The second-order valence-electron chi connectivity index (χ2n) is 7.00. The van der Waals surface area contributed by atoms with Gasteiger partial charge in [-0.15, -0.1) is 0 Å². The van der Waals surface area contributed by atoms with Crippen LogP contribution in [0.2, 0.25) is 0 Å². The minimum atomic E-state index is -0.804. The SMILES string of the molecule is CCNC(O)C(/C=C(/C)N)=C(/N)N1CCC(NC2CCOCC2)CC1. The molecule has 7 nitrogen and oxygen atoms in total. The third kappa shape index (κ3) is 6.18. The van der Waals surface area contributed by atoms with Gasteiger partial charge in [0.05, 0.1) is 0 Å². The third-order valence-corrected chi connectivity index (χ3v) is 4.90. The molecule has 0 aromatic carbocycles. The van der Waals surface area contributed by atoms with Gasteiger partial charge in [-0.05, 0) is 45.2 Å². The predicted molar refractivity (Wildman–Crippen MR) is 100 cm³/mol. The van der Waals surface area contributed by atoms with E-state index in [1.807, 2.05) is 6.92 Å². The molecule has 2 aliphatic rings. The van der Waals surface area contributed by atoms with Crippen LogP contribution >= 0.6 is 0 Å². The highest BCUT2D eigenvalue weighted by atomic mass is 16.5. The maximum atomic E-state index is 10.3. The molecule has 25 heavy (non-hydrogen) atoms. The molecule has 2 fully saturated rings. The van der Waals surface area contributed by atoms with Crippen molar-refractivity contribution in [3.63, 3.8) is 0 Å². The lowest BCUT2D eigenvalue weighted by molar-refractivity contribution is 0.0715. The van der Waals surface area contributed by atoms with E-state index in [-0.39, 0.29) is 0 Å². The number of likely N-dealkylation sites (tertiary alicyclic amines) is 1. The van der Waals surface area contributed by atoms with Gasteiger partial charge in [0, 0.05) is 49.7 Å². The summed E-state index contributed by atoms with van der Waals surface area (Å²) in [5, 5.41) is 17.1. The highest BCUT2D eigenvalue weighted by Gasteiger charge is 2.25. The lowest BCUT2D eigenvalue weighted by Crippen LogP contribution is -2.48. The summed E-state index contributed by atoms with van der Waals surface area (Å²) in [6, 6.07) is 1.10. The van der Waals surface area contributed by atoms with Gasteiger partial charge in [0.2, 0.25) is 0 Å². The molecule has 2 aliphatic heterocycles. The average Bonchev–Trinajstić information content (AvgIpc) is 2.61. The first kappa shape index (κ1) is 20.0. The van der Waals surface area contributed by atoms with Gasteiger partial charge in [0.15, 0.2) is 0 Å². The number of aliphatic hydroxyl groups is 1. The Morgan fingerprint density at radius 1 is 1.20 bits per heavy atom. The fraction of sp³-hybridized carbons (Fsp3) is 0.778. The van der Waals surface area contributed by atoms with Gasteiger partial charge in [-0.1, -0.05) is 6.92 Å². The summed E-state index contributed by atoms with van der Waals surface area (Å²) in [6.07, 6.45) is 5.25. The van der Waals surface area contributed by atoms with Gasteiger partial charge in [0.25, 0.3) is 0 Å². The molecule has 0 amide bonds. The molecule has 0 saturated carbocycles. The molecule has 2 heterocycles. The van der Waals surface area contributed by atoms with E-state index in [1.165, 1.54) is 0 Å². The Bertz CT molecular complexity index is 462. The van der Waals surface area contributed by atoms with Gasteiger partial charge >= 0.3 is 0 Å². The Morgan fingerprint density at radius 2 is 1.80 bits per heavy atom. The summed E-state index contributed by atoms with van der Waals surface area (Å²) in [5.41, 5.74) is 13.5. The number of aliphatic hydroxyl groups excluding tert-OH is 1. The van der Waals surface area contributed by atoms with Crippen LogP contribution in [0, 0.1) is 0 Å². The molecule has 0 aliphatic carbocycles. The molecule has 2 rings (SSSR count). The highest BCUT2D eigenvalue weighted by Crippen LogP contribution is 2.19. The summed E-state index contributed by atoms with van der Waals surface area (Å²) in [4.78, 5) is 2.15. The van der Waals surface area contributed by atoms with E-state index >= 15 is 0 Å². The van der Waals surface area contributed by atoms with Crippen LogP contribution < -0.4 is 22.1 Å². The van der Waals surface area contributed by atoms with Crippen LogP contribution in [0.4, 0.5) is 0 Å². The first-order chi connectivity index (χ1) is 12.0. The third-order valence-electron chi connectivity index (χ3n) is 4.90. The zero-order valence-electron chi connectivity index (χ0n) is 15.6. The Balaban J connectivity index is 1.94. The maximum absolute atomic E-state index is 10.3. The van der Waals surface area contributed by atoms with Gasteiger partial charge < -0.3 is 31.5 Å². The molecule has 1 atom stereocenters. The largest absolute Gasteiger partial charge is 0.402 e. The number of allylic oxidation sites excluding steroid dienone is 1. The molecule has 0 radical (unpaired) electrons. The summed E-state index contributed by atoms with van der Waals surface area (Å²) >= 11 is 0. The standard InChI is InChI=1S/C18H35N5O2/c1-3-21-18(24)16(12-13(2)19)17(20)23-8-4-14(5-9-23)22-15-6-10-25-11-7-15/h12,14-15,18,21-22,24H,3-11,19-20H2,1-2H3/b13-12-,17-16-. The van der Waals surface area contributed by atoms with Crippen LogP contribution in [-0.4, -0.2) is 61.2 Å². The fourth-order valence-corrected chi connectivity index (χ4v) is 3.51. The minimum absolute atomic E-state index is 0.529. The number of hydrogen-bond donors (Lipinski definition) is 5. The van der Waals surface area contributed by atoms with Crippen molar-refractivity contribution >= 4 is 0 Å². The summed E-state index contributed by atoms with van der Waals surface area (Å²) in [6.45, 7) is 7.90. The van der Waals surface area contributed by atoms with Crippen molar-refractivity contribution in [1.82, 2.24) is 15.5 Å². The zero-order valence-corrected chi connectivity index (χ0v) is 15.6. The van der Waals surface area contributed by atoms with Crippen LogP contribution in [0.15, 0.2) is 23.2 Å². The van der Waals surface area contributed by atoms with E-state index in [4.69, 9.17) is 16.2 Å². The molecule has 1 unspecified atom stereocenters. The number of nitrogens with zero attached hydrogens (tertiary/aromatic N) is 1. The average molecular weight is 354 g/mol. The molecule has 0 aromatic rings. The zero-order chi connectivity index (χ0) is 18.2. The molecular weight excluding hydrogens is 318 g/mol. The number of piperidine rings is 1. The summed E-state index contributed by atoms with van der Waals surface area (Å²) in [5.74, 6) is 0.614. The number of hydrogen-bond acceptors (Lipinski definition) is 7. The van der Waals surface area contributed by atoms with Crippen molar-refractivity contribution < 1.29 is 9.84 Å². The van der Waals surface area contributed by atoms with E-state index in [0.29, 0.717) is 35.7 Å². The Labute approximate surface area is 151 Å². The Hall–Kier alpha value is -1.28. The molecule has 0 bridgehead atoms. The van der Waals surface area contributed by atoms with Gasteiger partial charge in [-0.25, -0.2) is 0 Å². The summed E-state index contributed by atoms with van der Waals surface area (Å²) < 4.78 is 5.42. The van der Waals surface area contributed by atoms with Crippen LogP contribution in [-0.2, 0) is 4.74 Å². The maximum Gasteiger partial charge on any atom is 0.134 e. The van der Waals surface area contributed by atoms with Crippen molar-refractivity contribution in [2.24, 2.45) is 11.5 Å².